The van der Waals surface area contributed by atoms with E-state index in [9.17, 15) is 13.3 Å². The van der Waals surface area contributed by atoms with Gasteiger partial charge in [-0.3, -0.25) is 4.57 Å². The highest BCUT2D eigenvalue weighted by atomic mass is 79.9. The van der Waals surface area contributed by atoms with Gasteiger partial charge in [0.05, 0.1) is 6.16 Å². The van der Waals surface area contributed by atoms with Crippen molar-refractivity contribution in [2.24, 2.45) is 0 Å². The van der Waals surface area contributed by atoms with E-state index in [1.54, 1.807) is 0 Å². The molecule has 0 heterocycles. The van der Waals surface area contributed by atoms with Crippen molar-refractivity contribution in [2.45, 2.75) is 51.5 Å². The molecule has 0 aliphatic rings. The first kappa shape index (κ1) is 25.2. The van der Waals surface area contributed by atoms with Crippen LogP contribution >= 0.6 is 23.5 Å². The van der Waals surface area contributed by atoms with Gasteiger partial charge >= 0.3 is 7.60 Å². The smallest absolute Gasteiger partial charge is 0.324 e. The Balaban J connectivity index is 1.67. The van der Waals surface area contributed by atoms with Gasteiger partial charge in [-0.1, -0.05) is 40.9 Å². The van der Waals surface area contributed by atoms with Crippen molar-refractivity contribution in [3.8, 4) is 0 Å². The highest BCUT2D eigenvalue weighted by Crippen LogP contribution is 2.34. The molecule has 0 aromatic heterocycles. The molecule has 0 bridgehead atoms. The maximum atomic E-state index is 14.4. The second kappa shape index (κ2) is 12.7. The fraction of sp³-hybridized carbons (Fsp3) is 0.455. The van der Waals surface area contributed by atoms with Gasteiger partial charge in [0.2, 0.25) is 0 Å². The predicted octanol–water partition coefficient (Wildman–Crippen LogP) is 5.73. The summed E-state index contributed by atoms with van der Waals surface area (Å²) in [6, 6.07) is 9.94. The maximum absolute atomic E-state index is 14.4. The monoisotopic (exact) mass is 503 g/mol. The summed E-state index contributed by atoms with van der Waals surface area (Å²) >= 11 is 3.49. The van der Waals surface area contributed by atoms with Gasteiger partial charge in [-0.25, -0.2) is 8.78 Å². The van der Waals surface area contributed by atoms with E-state index >= 15 is 0 Å². The quantitative estimate of drug-likeness (QED) is 0.241. The molecular weight excluding hydrogens is 475 g/mol. The molecule has 30 heavy (non-hydrogen) atoms. The van der Waals surface area contributed by atoms with Crippen LogP contribution in [0.5, 0.6) is 0 Å². The van der Waals surface area contributed by atoms with E-state index in [1.807, 2.05) is 18.2 Å². The van der Waals surface area contributed by atoms with Crippen LogP contribution in [-0.2, 0) is 24.0 Å². The van der Waals surface area contributed by atoms with E-state index in [4.69, 9.17) is 9.79 Å². The zero-order valence-corrected chi connectivity index (χ0v) is 19.4. The molecule has 0 amide bonds. The van der Waals surface area contributed by atoms with E-state index in [2.05, 4.69) is 21.2 Å². The largest absolute Gasteiger partial charge is 0.325 e. The SMILES string of the molecule is O=P(O)(O)CCCNCc1cc(F)c(CCCCCCc2ccc(F)cc2)cc1Br. The summed E-state index contributed by atoms with van der Waals surface area (Å²) in [4.78, 5) is 17.7. The first-order valence-corrected chi connectivity index (χ1v) is 12.8. The number of benzene rings is 2. The second-order valence-electron chi connectivity index (χ2n) is 7.49. The third-order valence-electron chi connectivity index (χ3n) is 4.91. The van der Waals surface area contributed by atoms with Crippen molar-refractivity contribution >= 4 is 23.5 Å². The number of halogens is 3. The van der Waals surface area contributed by atoms with Gasteiger partial charge in [0.25, 0.3) is 0 Å². The summed E-state index contributed by atoms with van der Waals surface area (Å²) in [5.41, 5.74) is 2.61. The van der Waals surface area contributed by atoms with Crippen LogP contribution in [0.15, 0.2) is 40.9 Å². The van der Waals surface area contributed by atoms with Gasteiger partial charge in [0.15, 0.2) is 0 Å². The standard InChI is InChI=1S/C22H29BrF2NO3P/c23-21-14-18(7-4-2-1-3-6-17-8-10-20(24)11-9-17)22(25)15-19(21)16-26-12-5-13-30(27,28)29/h8-11,14-15,26H,1-7,12-13,16H2,(H2,27,28,29). The van der Waals surface area contributed by atoms with Crippen molar-refractivity contribution < 1.29 is 23.1 Å². The van der Waals surface area contributed by atoms with Crippen molar-refractivity contribution in [1.29, 1.82) is 0 Å². The predicted molar refractivity (Wildman–Crippen MR) is 120 cm³/mol. The Hall–Kier alpha value is -1.11. The average molecular weight is 504 g/mol. The number of rotatable bonds is 13. The summed E-state index contributed by atoms with van der Waals surface area (Å²) in [6.07, 6.45) is 5.82. The molecule has 0 radical (unpaired) electrons. The van der Waals surface area contributed by atoms with E-state index in [0.717, 1.165) is 47.7 Å². The lowest BCUT2D eigenvalue weighted by Gasteiger charge is -2.11. The van der Waals surface area contributed by atoms with E-state index in [-0.39, 0.29) is 17.8 Å². The van der Waals surface area contributed by atoms with Gasteiger partial charge in [0.1, 0.15) is 11.6 Å². The number of hydrogen-bond donors (Lipinski definition) is 3. The van der Waals surface area contributed by atoms with Crippen LogP contribution in [0.1, 0.15) is 48.8 Å². The number of hydrogen-bond acceptors (Lipinski definition) is 2. The maximum Gasteiger partial charge on any atom is 0.325 e. The Morgan fingerprint density at radius 2 is 1.57 bits per heavy atom. The molecule has 3 N–H and O–H groups in total. The fourth-order valence-electron chi connectivity index (χ4n) is 3.24. The number of aryl methyl sites for hydroxylation is 2. The van der Waals surface area contributed by atoms with Crippen LogP contribution in [0.3, 0.4) is 0 Å². The van der Waals surface area contributed by atoms with Crippen LogP contribution in [0.25, 0.3) is 0 Å². The van der Waals surface area contributed by atoms with E-state index in [0.29, 0.717) is 31.5 Å². The lowest BCUT2D eigenvalue weighted by atomic mass is 10.0. The summed E-state index contributed by atoms with van der Waals surface area (Å²) in [6.45, 7) is 0.890. The first-order chi connectivity index (χ1) is 14.2. The molecule has 2 rings (SSSR count). The lowest BCUT2D eigenvalue weighted by Crippen LogP contribution is -2.16. The Morgan fingerprint density at radius 3 is 2.23 bits per heavy atom. The van der Waals surface area contributed by atoms with E-state index < -0.39 is 7.60 Å². The summed E-state index contributed by atoms with van der Waals surface area (Å²) in [7, 11) is -3.96. The second-order valence-corrected chi connectivity index (χ2v) is 10.1. The molecule has 2 aromatic carbocycles. The van der Waals surface area contributed by atoms with Gasteiger partial charge in [0, 0.05) is 11.0 Å². The lowest BCUT2D eigenvalue weighted by molar-refractivity contribution is 0.371. The molecule has 0 aliphatic carbocycles. The average Bonchev–Trinajstić information content (AvgIpc) is 2.68. The Bertz CT molecular complexity index is 843. The number of unbranched alkanes of at least 4 members (excludes halogenated alkanes) is 3. The topological polar surface area (TPSA) is 69.6 Å². The third-order valence-corrected chi connectivity index (χ3v) is 6.55. The molecular formula is C22H29BrF2NO3P. The first-order valence-electron chi connectivity index (χ1n) is 10.2. The van der Waals surface area contributed by atoms with Crippen LogP contribution in [-0.4, -0.2) is 22.5 Å². The van der Waals surface area contributed by atoms with Crippen LogP contribution in [0.4, 0.5) is 8.78 Å². The molecule has 4 nitrogen and oxygen atoms in total. The van der Waals surface area contributed by atoms with Gasteiger partial charge in [-0.15, -0.1) is 0 Å². The molecule has 166 valence electrons. The molecule has 0 fully saturated rings. The van der Waals surface area contributed by atoms with Crippen molar-refractivity contribution in [2.75, 3.05) is 12.7 Å². The minimum absolute atomic E-state index is 0.154. The fourth-order valence-corrected chi connectivity index (χ4v) is 4.34. The molecule has 0 aliphatic heterocycles. The highest BCUT2D eigenvalue weighted by molar-refractivity contribution is 9.10. The normalized spacial score (nSPS) is 11.8. The molecule has 0 unspecified atom stereocenters. The minimum atomic E-state index is -3.96. The minimum Gasteiger partial charge on any atom is -0.324 e. The van der Waals surface area contributed by atoms with Gasteiger partial charge in [-0.2, -0.15) is 0 Å². The third kappa shape index (κ3) is 9.80. The zero-order chi connectivity index (χ0) is 22.0. The molecule has 0 saturated heterocycles. The van der Waals surface area contributed by atoms with Crippen LogP contribution in [0.2, 0.25) is 0 Å². The van der Waals surface area contributed by atoms with Gasteiger partial charge < -0.3 is 15.1 Å². The highest BCUT2D eigenvalue weighted by Gasteiger charge is 2.12. The summed E-state index contributed by atoms with van der Waals surface area (Å²) < 4.78 is 38.9. The summed E-state index contributed by atoms with van der Waals surface area (Å²) in [5.74, 6) is -0.440. The Morgan fingerprint density at radius 1 is 0.900 bits per heavy atom. The van der Waals surface area contributed by atoms with Gasteiger partial charge in [-0.05, 0) is 79.6 Å². The molecule has 2 aromatic rings. The van der Waals surface area contributed by atoms with Crippen LogP contribution in [0, 0.1) is 11.6 Å². The molecule has 0 saturated carbocycles. The Kier molecular flexibility index (Phi) is 10.6. The van der Waals surface area contributed by atoms with E-state index in [1.165, 1.54) is 18.2 Å². The Labute approximate surface area is 185 Å². The number of nitrogens with one attached hydrogen (secondary N) is 1. The van der Waals surface area contributed by atoms with Crippen molar-refractivity contribution in [3.05, 3.63) is 69.2 Å². The van der Waals surface area contributed by atoms with Crippen molar-refractivity contribution in [3.63, 3.8) is 0 Å². The molecule has 8 heteroatoms. The zero-order valence-electron chi connectivity index (χ0n) is 16.9. The molecule has 0 atom stereocenters. The van der Waals surface area contributed by atoms with Crippen LogP contribution < -0.4 is 5.32 Å². The molecule has 0 spiro atoms. The summed E-state index contributed by atoms with van der Waals surface area (Å²) in [5, 5.41) is 3.08. The van der Waals surface area contributed by atoms with Crippen molar-refractivity contribution in [1.82, 2.24) is 5.32 Å².